The van der Waals surface area contributed by atoms with Crippen molar-refractivity contribution in [1.82, 2.24) is 9.88 Å². The molecule has 2 aliphatic rings. The van der Waals surface area contributed by atoms with Gasteiger partial charge in [-0.2, -0.15) is 0 Å². The number of nitrogens with zero attached hydrogens (tertiary/aromatic N) is 3. The third kappa shape index (κ3) is 1.92. The lowest BCUT2D eigenvalue weighted by molar-refractivity contribution is 0.335. The summed E-state index contributed by atoms with van der Waals surface area (Å²) < 4.78 is 0. The molecule has 1 aliphatic carbocycles. The number of benzene rings is 1. The molecular weight excluding hydrogens is 248 g/mol. The first-order chi connectivity index (χ1) is 9.83. The molecule has 1 aliphatic heterocycles. The Labute approximate surface area is 118 Å². The largest absolute Gasteiger partial charge is 0.370 e. The Bertz CT molecular complexity index is 670. The van der Waals surface area contributed by atoms with Crippen LogP contribution in [0.15, 0.2) is 41.5 Å². The maximum absolute atomic E-state index is 6.08. The van der Waals surface area contributed by atoms with Crippen LogP contribution >= 0.6 is 0 Å². The van der Waals surface area contributed by atoms with Gasteiger partial charge in [-0.25, -0.2) is 0 Å². The number of nitrogens with two attached hydrogens (primary N) is 1. The van der Waals surface area contributed by atoms with Crippen molar-refractivity contribution in [2.45, 2.75) is 18.9 Å². The fourth-order valence-electron chi connectivity index (χ4n) is 2.99. The Morgan fingerprint density at radius 1 is 1.20 bits per heavy atom. The lowest BCUT2D eigenvalue weighted by atomic mass is 10.0. The molecule has 4 rings (SSSR count). The van der Waals surface area contributed by atoms with Gasteiger partial charge < -0.3 is 10.6 Å². The molecule has 1 unspecified atom stereocenters. The molecule has 1 aromatic carbocycles. The molecule has 4 nitrogen and oxygen atoms in total. The second-order valence-corrected chi connectivity index (χ2v) is 5.73. The van der Waals surface area contributed by atoms with Crippen molar-refractivity contribution in [3.8, 4) is 0 Å². The van der Waals surface area contributed by atoms with E-state index in [1.807, 2.05) is 12.3 Å². The Balaban J connectivity index is 1.74. The SMILES string of the molecule is NC1=NCC(c2cccc3cccnc23)N1CC1CC1. The molecule has 4 heteroatoms. The highest BCUT2D eigenvalue weighted by Crippen LogP contribution is 2.36. The number of fused-ring (bicyclic) bond motifs is 1. The van der Waals surface area contributed by atoms with Crippen LogP contribution in [0.2, 0.25) is 0 Å². The molecule has 0 radical (unpaired) electrons. The van der Waals surface area contributed by atoms with Gasteiger partial charge in [-0.3, -0.25) is 9.98 Å². The van der Waals surface area contributed by atoms with E-state index in [2.05, 4.69) is 39.1 Å². The molecule has 0 amide bonds. The Hall–Kier alpha value is -2.10. The third-order valence-corrected chi connectivity index (χ3v) is 4.27. The lowest BCUT2D eigenvalue weighted by Gasteiger charge is -2.27. The van der Waals surface area contributed by atoms with Gasteiger partial charge in [0.25, 0.3) is 0 Å². The second-order valence-electron chi connectivity index (χ2n) is 5.73. The quantitative estimate of drug-likeness (QED) is 0.927. The van der Waals surface area contributed by atoms with E-state index in [0.717, 1.165) is 24.5 Å². The van der Waals surface area contributed by atoms with E-state index < -0.39 is 0 Å². The first-order valence-corrected chi connectivity index (χ1v) is 7.23. The van der Waals surface area contributed by atoms with Gasteiger partial charge in [0.2, 0.25) is 0 Å². The van der Waals surface area contributed by atoms with Gasteiger partial charge in [0.05, 0.1) is 18.1 Å². The van der Waals surface area contributed by atoms with Crippen LogP contribution in [0, 0.1) is 5.92 Å². The molecule has 2 N–H and O–H groups in total. The van der Waals surface area contributed by atoms with Crippen molar-refractivity contribution in [1.29, 1.82) is 0 Å². The Morgan fingerprint density at radius 3 is 2.90 bits per heavy atom. The monoisotopic (exact) mass is 266 g/mol. The molecule has 1 saturated carbocycles. The third-order valence-electron chi connectivity index (χ3n) is 4.27. The number of aliphatic imine (C=N–C) groups is 1. The summed E-state index contributed by atoms with van der Waals surface area (Å²) in [5.74, 6) is 1.49. The van der Waals surface area contributed by atoms with Gasteiger partial charge in [0, 0.05) is 23.7 Å². The first kappa shape index (κ1) is 11.7. The zero-order valence-corrected chi connectivity index (χ0v) is 11.4. The zero-order chi connectivity index (χ0) is 13.5. The minimum atomic E-state index is 0.245. The highest BCUT2D eigenvalue weighted by Gasteiger charge is 2.33. The van der Waals surface area contributed by atoms with E-state index in [-0.39, 0.29) is 6.04 Å². The molecular formula is C16H18N4. The molecule has 2 aromatic rings. The molecule has 20 heavy (non-hydrogen) atoms. The van der Waals surface area contributed by atoms with Crippen molar-refractivity contribution >= 4 is 16.9 Å². The maximum Gasteiger partial charge on any atom is 0.191 e. The zero-order valence-electron chi connectivity index (χ0n) is 11.4. The summed E-state index contributed by atoms with van der Waals surface area (Å²) in [6, 6.07) is 10.7. The van der Waals surface area contributed by atoms with E-state index in [4.69, 9.17) is 5.73 Å². The second kappa shape index (κ2) is 4.47. The minimum absolute atomic E-state index is 0.245. The summed E-state index contributed by atoms with van der Waals surface area (Å²) in [5, 5.41) is 1.18. The van der Waals surface area contributed by atoms with E-state index in [9.17, 15) is 0 Å². The van der Waals surface area contributed by atoms with E-state index in [1.165, 1.54) is 23.8 Å². The topological polar surface area (TPSA) is 54.5 Å². The van der Waals surface area contributed by atoms with Crippen LogP contribution in [-0.4, -0.2) is 28.9 Å². The van der Waals surface area contributed by atoms with Gasteiger partial charge in [-0.05, 0) is 24.8 Å². The number of rotatable bonds is 3. The van der Waals surface area contributed by atoms with E-state index in [1.54, 1.807) is 0 Å². The summed E-state index contributed by atoms with van der Waals surface area (Å²) in [6.45, 7) is 1.78. The molecule has 1 aromatic heterocycles. The number of aromatic nitrogens is 1. The molecule has 0 saturated heterocycles. The average molecular weight is 266 g/mol. The predicted octanol–water partition coefficient (Wildman–Crippen LogP) is 2.32. The van der Waals surface area contributed by atoms with Gasteiger partial charge >= 0.3 is 0 Å². The minimum Gasteiger partial charge on any atom is -0.370 e. The van der Waals surface area contributed by atoms with Gasteiger partial charge in [0.15, 0.2) is 5.96 Å². The summed E-state index contributed by atoms with van der Waals surface area (Å²) in [5.41, 5.74) is 8.40. The fraction of sp³-hybridized carbons (Fsp3) is 0.375. The predicted molar refractivity (Wildman–Crippen MR) is 80.4 cm³/mol. The number of hydrogen-bond donors (Lipinski definition) is 1. The van der Waals surface area contributed by atoms with Crippen molar-refractivity contribution in [2.24, 2.45) is 16.6 Å². The van der Waals surface area contributed by atoms with Crippen LogP contribution < -0.4 is 5.73 Å². The van der Waals surface area contributed by atoms with Crippen LogP contribution in [0.25, 0.3) is 10.9 Å². The Morgan fingerprint density at radius 2 is 2.05 bits per heavy atom. The van der Waals surface area contributed by atoms with Gasteiger partial charge in [0.1, 0.15) is 0 Å². The number of guanidine groups is 1. The standard InChI is InChI=1S/C16H18N4/c17-16-19-9-14(20(16)10-11-6-7-11)13-5-1-3-12-4-2-8-18-15(12)13/h1-5,8,11,14H,6-7,9-10H2,(H2,17,19). The fourth-order valence-corrected chi connectivity index (χ4v) is 2.99. The highest BCUT2D eigenvalue weighted by molar-refractivity contribution is 5.85. The summed E-state index contributed by atoms with van der Waals surface area (Å²) >= 11 is 0. The van der Waals surface area contributed by atoms with Crippen LogP contribution in [-0.2, 0) is 0 Å². The molecule has 1 atom stereocenters. The van der Waals surface area contributed by atoms with Crippen LogP contribution in [0.4, 0.5) is 0 Å². The number of para-hydroxylation sites is 1. The van der Waals surface area contributed by atoms with Crippen molar-refractivity contribution in [3.63, 3.8) is 0 Å². The highest BCUT2D eigenvalue weighted by atomic mass is 15.3. The summed E-state index contributed by atoms with van der Waals surface area (Å²) in [4.78, 5) is 11.3. The maximum atomic E-state index is 6.08. The Kier molecular flexibility index (Phi) is 2.62. The van der Waals surface area contributed by atoms with Crippen molar-refractivity contribution in [3.05, 3.63) is 42.1 Å². The molecule has 2 heterocycles. The average Bonchev–Trinajstić information content (AvgIpc) is 3.23. The first-order valence-electron chi connectivity index (χ1n) is 7.23. The van der Waals surface area contributed by atoms with Crippen molar-refractivity contribution in [2.75, 3.05) is 13.1 Å². The van der Waals surface area contributed by atoms with Crippen molar-refractivity contribution < 1.29 is 0 Å². The molecule has 0 spiro atoms. The number of pyridine rings is 1. The van der Waals surface area contributed by atoms with Gasteiger partial charge in [-0.15, -0.1) is 0 Å². The molecule has 1 fully saturated rings. The lowest BCUT2D eigenvalue weighted by Crippen LogP contribution is -2.37. The number of hydrogen-bond acceptors (Lipinski definition) is 4. The van der Waals surface area contributed by atoms with E-state index in [0.29, 0.717) is 5.96 Å². The molecule has 102 valence electrons. The van der Waals surface area contributed by atoms with Gasteiger partial charge in [-0.1, -0.05) is 24.3 Å². The van der Waals surface area contributed by atoms with E-state index >= 15 is 0 Å². The summed E-state index contributed by atoms with van der Waals surface area (Å²) in [6.07, 6.45) is 4.50. The summed E-state index contributed by atoms with van der Waals surface area (Å²) in [7, 11) is 0. The smallest absolute Gasteiger partial charge is 0.191 e. The van der Waals surface area contributed by atoms with Crippen LogP contribution in [0.3, 0.4) is 0 Å². The van der Waals surface area contributed by atoms with Crippen LogP contribution in [0.5, 0.6) is 0 Å². The molecule has 0 bridgehead atoms. The van der Waals surface area contributed by atoms with Crippen LogP contribution in [0.1, 0.15) is 24.4 Å². The normalized spacial score (nSPS) is 22.3.